The van der Waals surface area contributed by atoms with Crippen LogP contribution in [0.2, 0.25) is 0 Å². The van der Waals surface area contributed by atoms with Gasteiger partial charge in [0.2, 0.25) is 5.56 Å². The first kappa shape index (κ1) is 20.5. The Morgan fingerprint density at radius 3 is 2.81 bits per heavy atom. The Labute approximate surface area is 178 Å². The number of H-pyrrole nitrogens is 1. The van der Waals surface area contributed by atoms with E-state index in [0.29, 0.717) is 46.8 Å². The van der Waals surface area contributed by atoms with Gasteiger partial charge in [-0.15, -0.1) is 0 Å². The number of amides is 2. The highest BCUT2D eigenvalue weighted by Crippen LogP contribution is 2.33. The van der Waals surface area contributed by atoms with Crippen molar-refractivity contribution in [2.24, 2.45) is 5.92 Å². The normalized spacial score (nSPS) is 18.7. The molecule has 160 valence electrons. The Bertz CT molecular complexity index is 1220. The molecular weight excluding hydrogens is 396 g/mol. The molecule has 0 radical (unpaired) electrons. The van der Waals surface area contributed by atoms with Gasteiger partial charge in [0.05, 0.1) is 34.7 Å². The number of piperidine rings is 1. The van der Waals surface area contributed by atoms with Gasteiger partial charge in [-0.25, -0.2) is 9.97 Å². The standard InChI is InChI=1S/C22H24N6O3/c1-12-3-7-18(17-5-4-16-15(26-17)6-8-19(29)27-16)28(11-12)22(31)21(30)25-14-9-13(2)20(23)24-10-14/h4-6,8-10,12,18H,3,7,11H2,1-2H3,(H2,23,24)(H,25,30)(H,27,29)/t12-,18+/m0/s1. The van der Waals surface area contributed by atoms with E-state index in [1.807, 2.05) is 0 Å². The summed E-state index contributed by atoms with van der Waals surface area (Å²) in [4.78, 5) is 50.3. The molecular formula is C22H24N6O3. The molecule has 0 spiro atoms. The van der Waals surface area contributed by atoms with Crippen molar-refractivity contribution < 1.29 is 9.59 Å². The van der Waals surface area contributed by atoms with E-state index >= 15 is 0 Å². The number of anilines is 2. The summed E-state index contributed by atoms with van der Waals surface area (Å²) in [6.45, 7) is 4.29. The topological polar surface area (TPSA) is 134 Å². The summed E-state index contributed by atoms with van der Waals surface area (Å²) in [5, 5.41) is 2.62. The minimum Gasteiger partial charge on any atom is -0.383 e. The fraction of sp³-hybridized carbons (Fsp3) is 0.318. The van der Waals surface area contributed by atoms with Gasteiger partial charge in [0.25, 0.3) is 0 Å². The molecule has 0 aromatic carbocycles. The van der Waals surface area contributed by atoms with Crippen molar-refractivity contribution in [1.29, 1.82) is 0 Å². The van der Waals surface area contributed by atoms with Crippen molar-refractivity contribution >= 4 is 34.4 Å². The second-order valence-corrected chi connectivity index (χ2v) is 8.03. The zero-order valence-electron chi connectivity index (χ0n) is 17.4. The second-order valence-electron chi connectivity index (χ2n) is 8.03. The van der Waals surface area contributed by atoms with Gasteiger partial charge < -0.3 is 20.9 Å². The lowest BCUT2D eigenvalue weighted by molar-refractivity contribution is -0.146. The Morgan fingerprint density at radius 2 is 2.03 bits per heavy atom. The lowest BCUT2D eigenvalue weighted by Gasteiger charge is -2.38. The summed E-state index contributed by atoms with van der Waals surface area (Å²) in [5.41, 5.74) is 8.60. The van der Waals surface area contributed by atoms with E-state index in [0.717, 1.165) is 6.42 Å². The summed E-state index contributed by atoms with van der Waals surface area (Å²) in [5.74, 6) is -0.701. The SMILES string of the molecule is Cc1cc(NC(=O)C(=O)N2C[C@@H](C)CC[C@@H]2c2ccc3[nH]c(=O)ccc3n2)cnc1N. The predicted octanol–water partition coefficient (Wildman–Crippen LogP) is 2.15. The van der Waals surface area contributed by atoms with E-state index in [4.69, 9.17) is 5.73 Å². The van der Waals surface area contributed by atoms with Crippen LogP contribution in [0, 0.1) is 12.8 Å². The Morgan fingerprint density at radius 1 is 1.23 bits per heavy atom. The average molecular weight is 420 g/mol. The molecule has 0 saturated carbocycles. The molecule has 0 bridgehead atoms. The number of nitrogen functional groups attached to an aromatic ring is 1. The summed E-state index contributed by atoms with van der Waals surface area (Å²) >= 11 is 0. The molecule has 2 atom stereocenters. The van der Waals surface area contributed by atoms with Crippen molar-refractivity contribution in [3.63, 3.8) is 0 Å². The number of aromatic amines is 1. The van der Waals surface area contributed by atoms with Crippen LogP contribution in [-0.4, -0.2) is 38.2 Å². The van der Waals surface area contributed by atoms with Gasteiger partial charge in [0.1, 0.15) is 5.82 Å². The first-order valence-electron chi connectivity index (χ1n) is 10.2. The number of aromatic nitrogens is 3. The number of aryl methyl sites for hydroxylation is 1. The zero-order valence-corrected chi connectivity index (χ0v) is 17.4. The number of rotatable bonds is 2. The summed E-state index contributed by atoms with van der Waals surface area (Å²) in [6.07, 6.45) is 3.04. The number of nitrogens with two attached hydrogens (primary N) is 1. The van der Waals surface area contributed by atoms with E-state index in [1.54, 1.807) is 36.1 Å². The largest absolute Gasteiger partial charge is 0.383 e. The molecule has 0 unspecified atom stereocenters. The maximum absolute atomic E-state index is 13.1. The van der Waals surface area contributed by atoms with E-state index in [9.17, 15) is 14.4 Å². The number of nitrogens with one attached hydrogen (secondary N) is 2. The zero-order chi connectivity index (χ0) is 22.1. The van der Waals surface area contributed by atoms with Crippen LogP contribution in [0.5, 0.6) is 0 Å². The third kappa shape index (κ3) is 4.25. The maximum Gasteiger partial charge on any atom is 0.313 e. The number of carbonyl (C=O) groups is 2. The van der Waals surface area contributed by atoms with Crippen LogP contribution in [0.1, 0.15) is 37.1 Å². The van der Waals surface area contributed by atoms with Crippen LogP contribution >= 0.6 is 0 Å². The number of nitrogens with zero attached hydrogens (tertiary/aromatic N) is 3. The van der Waals surface area contributed by atoms with Crippen molar-refractivity contribution in [3.8, 4) is 0 Å². The van der Waals surface area contributed by atoms with Crippen LogP contribution in [0.15, 0.2) is 41.3 Å². The predicted molar refractivity (Wildman–Crippen MR) is 117 cm³/mol. The average Bonchev–Trinajstić information content (AvgIpc) is 2.75. The monoisotopic (exact) mass is 420 g/mol. The lowest BCUT2D eigenvalue weighted by Crippen LogP contribution is -2.46. The molecule has 1 aliphatic heterocycles. The third-order valence-electron chi connectivity index (χ3n) is 5.59. The first-order chi connectivity index (χ1) is 14.8. The molecule has 3 aromatic rings. The highest BCUT2D eigenvalue weighted by atomic mass is 16.2. The molecule has 1 saturated heterocycles. The van der Waals surface area contributed by atoms with E-state index in [1.165, 1.54) is 12.3 Å². The summed E-state index contributed by atoms with van der Waals surface area (Å²) < 4.78 is 0. The lowest BCUT2D eigenvalue weighted by atomic mass is 9.92. The molecule has 3 aromatic heterocycles. The summed E-state index contributed by atoms with van der Waals surface area (Å²) in [7, 11) is 0. The minimum absolute atomic E-state index is 0.200. The molecule has 1 aliphatic rings. The highest BCUT2D eigenvalue weighted by molar-refractivity contribution is 6.39. The Hall–Kier alpha value is -3.75. The number of hydrogen-bond acceptors (Lipinski definition) is 6. The number of pyridine rings is 3. The van der Waals surface area contributed by atoms with Gasteiger partial charge in [0.15, 0.2) is 0 Å². The number of fused-ring (bicyclic) bond motifs is 1. The third-order valence-corrected chi connectivity index (χ3v) is 5.59. The molecule has 4 N–H and O–H groups in total. The van der Waals surface area contributed by atoms with Crippen LogP contribution in [0.4, 0.5) is 11.5 Å². The van der Waals surface area contributed by atoms with Gasteiger partial charge in [-0.05, 0) is 55.5 Å². The van der Waals surface area contributed by atoms with E-state index < -0.39 is 11.8 Å². The van der Waals surface area contributed by atoms with Crippen LogP contribution in [0.25, 0.3) is 11.0 Å². The van der Waals surface area contributed by atoms with Crippen molar-refractivity contribution in [3.05, 3.63) is 58.1 Å². The van der Waals surface area contributed by atoms with Crippen molar-refractivity contribution in [1.82, 2.24) is 19.9 Å². The van der Waals surface area contributed by atoms with Crippen LogP contribution in [-0.2, 0) is 9.59 Å². The molecule has 1 fully saturated rings. The van der Waals surface area contributed by atoms with Crippen molar-refractivity contribution in [2.75, 3.05) is 17.6 Å². The van der Waals surface area contributed by atoms with Gasteiger partial charge >= 0.3 is 11.8 Å². The maximum atomic E-state index is 13.1. The molecule has 9 heteroatoms. The molecule has 0 aliphatic carbocycles. The Kier molecular flexibility index (Phi) is 5.41. The molecule has 4 heterocycles. The van der Waals surface area contributed by atoms with Gasteiger partial charge in [-0.2, -0.15) is 0 Å². The minimum atomic E-state index is -0.727. The van der Waals surface area contributed by atoms with E-state index in [2.05, 4.69) is 27.2 Å². The molecule has 4 rings (SSSR count). The quantitative estimate of drug-likeness (QED) is 0.544. The molecule has 31 heavy (non-hydrogen) atoms. The fourth-order valence-electron chi connectivity index (χ4n) is 3.89. The summed E-state index contributed by atoms with van der Waals surface area (Å²) in [6, 6.07) is 8.00. The number of hydrogen-bond donors (Lipinski definition) is 3. The fourth-order valence-corrected chi connectivity index (χ4v) is 3.89. The van der Waals surface area contributed by atoms with E-state index in [-0.39, 0.29) is 17.5 Å². The first-order valence-corrected chi connectivity index (χ1v) is 10.2. The molecule has 9 nitrogen and oxygen atoms in total. The van der Waals surface area contributed by atoms with Crippen LogP contribution in [0.3, 0.4) is 0 Å². The number of carbonyl (C=O) groups excluding carboxylic acids is 2. The smallest absolute Gasteiger partial charge is 0.313 e. The highest BCUT2D eigenvalue weighted by Gasteiger charge is 2.35. The van der Waals surface area contributed by atoms with Gasteiger partial charge in [-0.1, -0.05) is 6.92 Å². The second kappa shape index (κ2) is 8.17. The van der Waals surface area contributed by atoms with Crippen LogP contribution < -0.4 is 16.6 Å². The molecule has 2 amide bonds. The Balaban J connectivity index is 1.60. The van der Waals surface area contributed by atoms with Gasteiger partial charge in [-0.3, -0.25) is 14.4 Å². The van der Waals surface area contributed by atoms with Crippen molar-refractivity contribution in [2.45, 2.75) is 32.7 Å². The number of likely N-dealkylation sites (tertiary alicyclic amines) is 1. The van der Waals surface area contributed by atoms with Gasteiger partial charge in [0, 0.05) is 12.6 Å².